The molecule has 0 atom stereocenters. The highest BCUT2D eigenvalue weighted by Gasteiger charge is 2.13. The Morgan fingerprint density at radius 1 is 1.05 bits per heavy atom. The summed E-state index contributed by atoms with van der Waals surface area (Å²) < 4.78 is 0. The molecule has 1 N–H and O–H groups in total. The number of nitrogens with zero attached hydrogens (tertiary/aromatic N) is 2. The van der Waals surface area contributed by atoms with Gasteiger partial charge in [0.15, 0.2) is 0 Å². The van der Waals surface area contributed by atoms with Crippen molar-refractivity contribution in [2.24, 2.45) is 9.98 Å². The molecule has 0 radical (unpaired) electrons. The van der Waals surface area contributed by atoms with Crippen molar-refractivity contribution in [3.8, 4) is 5.75 Å². The lowest BCUT2D eigenvalue weighted by atomic mass is 10.0. The van der Waals surface area contributed by atoms with Crippen molar-refractivity contribution in [2.75, 3.05) is 0 Å². The van der Waals surface area contributed by atoms with E-state index in [-0.39, 0.29) is 5.75 Å². The van der Waals surface area contributed by atoms with E-state index in [4.69, 9.17) is 0 Å². The highest BCUT2D eigenvalue weighted by atomic mass is 16.3. The molecule has 0 fully saturated rings. The third-order valence-corrected chi connectivity index (χ3v) is 2.40. The predicted octanol–water partition coefficient (Wildman–Crippen LogP) is 6.57. The zero-order valence-corrected chi connectivity index (χ0v) is 14.8. The van der Waals surface area contributed by atoms with Gasteiger partial charge in [0, 0.05) is 23.6 Å². The van der Waals surface area contributed by atoms with Crippen LogP contribution in [0.3, 0.4) is 0 Å². The molecule has 1 aromatic carbocycles. The minimum Gasteiger partial charge on any atom is -0.506 e. The van der Waals surface area contributed by atoms with Gasteiger partial charge in [-0.25, -0.2) is 0 Å². The largest absolute Gasteiger partial charge is 0.506 e. The van der Waals surface area contributed by atoms with Crippen LogP contribution in [0.1, 0.15) is 59.1 Å². The molecule has 0 amide bonds. The normalized spacial score (nSPS) is 9.73. The summed E-state index contributed by atoms with van der Waals surface area (Å²) in [6.45, 7) is 19.3. The Morgan fingerprint density at radius 2 is 1.64 bits per heavy atom. The fourth-order valence-electron chi connectivity index (χ4n) is 1.63. The van der Waals surface area contributed by atoms with Gasteiger partial charge in [-0.3, -0.25) is 9.98 Å². The Morgan fingerprint density at radius 3 is 2.05 bits per heavy atom. The van der Waals surface area contributed by atoms with Crippen LogP contribution in [-0.4, -0.2) is 17.5 Å². The highest BCUT2D eigenvalue weighted by molar-refractivity contribution is 5.87. The van der Waals surface area contributed by atoms with Gasteiger partial charge in [0.05, 0.1) is 5.69 Å². The lowest BCUT2D eigenvalue weighted by Gasteiger charge is -2.10. The van der Waals surface area contributed by atoms with Crippen molar-refractivity contribution >= 4 is 36.0 Å². The third kappa shape index (κ3) is 6.08. The van der Waals surface area contributed by atoms with E-state index in [9.17, 15) is 5.11 Å². The van der Waals surface area contributed by atoms with E-state index in [0.717, 1.165) is 17.7 Å². The van der Waals surface area contributed by atoms with Crippen molar-refractivity contribution in [2.45, 2.75) is 48.0 Å². The van der Waals surface area contributed by atoms with Crippen LogP contribution >= 0.6 is 0 Å². The van der Waals surface area contributed by atoms with Crippen LogP contribution in [0.15, 0.2) is 29.2 Å². The average molecular weight is 302 g/mol. The number of rotatable bonds is 5. The van der Waals surface area contributed by atoms with Crippen molar-refractivity contribution in [3.05, 3.63) is 30.4 Å². The number of hydrogen-bond acceptors (Lipinski definition) is 3. The summed E-state index contributed by atoms with van der Waals surface area (Å²) in [4.78, 5) is 8.56. The van der Waals surface area contributed by atoms with Crippen molar-refractivity contribution < 1.29 is 5.11 Å². The SMILES string of the molecule is C=Cc1cc(O)c(N=CCC)c(C=C)c1N=CC.CC.CC. The van der Waals surface area contributed by atoms with Crippen LogP contribution in [0.25, 0.3) is 12.2 Å². The van der Waals surface area contributed by atoms with Gasteiger partial charge >= 0.3 is 0 Å². The highest BCUT2D eigenvalue weighted by Crippen LogP contribution is 2.41. The lowest BCUT2D eigenvalue weighted by Crippen LogP contribution is -1.85. The first-order chi connectivity index (χ1) is 10.7. The number of aliphatic imine (C=N–C) groups is 2. The second kappa shape index (κ2) is 13.8. The van der Waals surface area contributed by atoms with Gasteiger partial charge in [-0.2, -0.15) is 0 Å². The second-order valence-corrected chi connectivity index (χ2v) is 3.61. The van der Waals surface area contributed by atoms with E-state index in [0.29, 0.717) is 11.3 Å². The monoisotopic (exact) mass is 302 g/mol. The molecule has 3 nitrogen and oxygen atoms in total. The summed E-state index contributed by atoms with van der Waals surface area (Å²) in [5.74, 6) is 0.111. The van der Waals surface area contributed by atoms with E-state index >= 15 is 0 Å². The Kier molecular flexibility index (Phi) is 13.9. The maximum atomic E-state index is 9.99. The molecular formula is C19H30N2O. The lowest BCUT2D eigenvalue weighted by molar-refractivity contribution is 0.476. The summed E-state index contributed by atoms with van der Waals surface area (Å²) >= 11 is 0. The molecule has 0 saturated heterocycles. The van der Waals surface area contributed by atoms with Crippen LogP contribution in [-0.2, 0) is 0 Å². The summed E-state index contributed by atoms with van der Waals surface area (Å²) in [6.07, 6.45) is 7.54. The predicted molar refractivity (Wildman–Crippen MR) is 103 cm³/mol. The van der Waals surface area contributed by atoms with E-state index in [1.165, 1.54) is 0 Å². The minimum absolute atomic E-state index is 0.111. The molecule has 0 heterocycles. The first-order valence-electron chi connectivity index (χ1n) is 7.85. The van der Waals surface area contributed by atoms with Gasteiger partial charge in [0.1, 0.15) is 11.4 Å². The van der Waals surface area contributed by atoms with Crippen LogP contribution in [0.4, 0.5) is 11.4 Å². The van der Waals surface area contributed by atoms with E-state index < -0.39 is 0 Å². The van der Waals surface area contributed by atoms with Gasteiger partial charge in [-0.05, 0) is 19.4 Å². The van der Waals surface area contributed by atoms with Gasteiger partial charge in [-0.15, -0.1) is 0 Å². The number of aromatic hydroxyl groups is 1. The Balaban J connectivity index is 0. The first kappa shape index (κ1) is 22.1. The molecule has 1 aromatic rings. The molecule has 0 aliphatic carbocycles. The quantitative estimate of drug-likeness (QED) is 0.614. The topological polar surface area (TPSA) is 45.0 Å². The molecule has 22 heavy (non-hydrogen) atoms. The standard InChI is InChI=1S/C15H18N2O.2C2H6/c1-5-9-17-15-12(7-3)14(16-8-4)11(6-2)10-13(15)18;2*1-2/h6-10,18H,2-3,5H2,1,4H3;2*1-2H3. The first-order valence-corrected chi connectivity index (χ1v) is 7.85. The van der Waals surface area contributed by atoms with E-state index in [1.807, 2.05) is 41.5 Å². The molecule has 0 saturated carbocycles. The number of phenolic OH excluding ortho intramolecular Hbond substituents is 1. The molecule has 0 aliphatic rings. The number of hydrogen-bond donors (Lipinski definition) is 1. The van der Waals surface area contributed by atoms with Crippen LogP contribution in [0.2, 0.25) is 0 Å². The minimum atomic E-state index is 0.111. The van der Waals surface area contributed by atoms with Gasteiger partial charge in [-0.1, -0.05) is 59.9 Å². The van der Waals surface area contributed by atoms with Crippen molar-refractivity contribution in [3.63, 3.8) is 0 Å². The van der Waals surface area contributed by atoms with Gasteiger partial charge < -0.3 is 5.11 Å². The smallest absolute Gasteiger partial charge is 0.142 e. The molecule has 1 rings (SSSR count). The van der Waals surface area contributed by atoms with E-state index in [2.05, 4.69) is 23.1 Å². The van der Waals surface area contributed by atoms with Crippen molar-refractivity contribution in [1.29, 1.82) is 0 Å². The fourth-order valence-corrected chi connectivity index (χ4v) is 1.63. The van der Waals surface area contributed by atoms with Crippen LogP contribution in [0, 0.1) is 0 Å². The summed E-state index contributed by atoms with van der Waals surface area (Å²) in [7, 11) is 0. The molecule has 0 aromatic heterocycles. The fraction of sp³-hybridized carbons (Fsp3) is 0.368. The molecule has 0 bridgehead atoms. The zero-order valence-electron chi connectivity index (χ0n) is 14.8. The van der Waals surface area contributed by atoms with Crippen molar-refractivity contribution in [1.82, 2.24) is 0 Å². The molecule has 0 spiro atoms. The van der Waals surface area contributed by atoms with Gasteiger partial charge in [0.2, 0.25) is 0 Å². The molecule has 0 aliphatic heterocycles. The Hall–Kier alpha value is -2.16. The summed E-state index contributed by atoms with van der Waals surface area (Å²) in [6, 6.07) is 1.62. The average Bonchev–Trinajstić information content (AvgIpc) is 2.58. The summed E-state index contributed by atoms with van der Waals surface area (Å²) in [5, 5.41) is 9.99. The summed E-state index contributed by atoms with van der Waals surface area (Å²) in [5.41, 5.74) is 2.70. The Labute approximate surface area is 135 Å². The zero-order chi connectivity index (χ0) is 17.5. The maximum Gasteiger partial charge on any atom is 0.142 e. The van der Waals surface area contributed by atoms with Crippen LogP contribution in [0.5, 0.6) is 5.75 Å². The molecule has 0 unspecified atom stereocenters. The number of benzene rings is 1. The Bertz CT molecular complexity index is 515. The van der Waals surface area contributed by atoms with Crippen LogP contribution < -0.4 is 0 Å². The molecule has 122 valence electrons. The maximum absolute atomic E-state index is 9.99. The number of phenols is 1. The second-order valence-electron chi connectivity index (χ2n) is 3.61. The molecular weight excluding hydrogens is 272 g/mol. The van der Waals surface area contributed by atoms with E-state index in [1.54, 1.807) is 30.6 Å². The third-order valence-electron chi connectivity index (χ3n) is 2.40. The van der Waals surface area contributed by atoms with Gasteiger partial charge in [0.25, 0.3) is 0 Å². The molecule has 3 heteroatoms.